The van der Waals surface area contributed by atoms with Crippen LogP contribution >= 0.6 is 11.7 Å². The number of aryl methyl sites for hydroxylation is 2. The molecule has 0 aliphatic heterocycles. The number of aromatic nitrogens is 5. The summed E-state index contributed by atoms with van der Waals surface area (Å²) in [6, 6.07) is 9.89. The van der Waals surface area contributed by atoms with Crippen LogP contribution in [0.1, 0.15) is 22.5 Å². The number of para-hydroxylation sites is 1. The lowest BCUT2D eigenvalue weighted by molar-refractivity contribution is 0.0952. The molecule has 0 bridgehead atoms. The molecular weight excluding hydrogens is 336 g/mol. The lowest BCUT2D eigenvalue weighted by atomic mass is 10.2. The molecule has 0 radical (unpaired) electrons. The number of carbonyl (C=O) groups is 1. The van der Waals surface area contributed by atoms with Crippen LogP contribution in [0.4, 0.5) is 0 Å². The molecular formula is C17H16N6OS. The van der Waals surface area contributed by atoms with Gasteiger partial charge in [-0.1, -0.05) is 18.2 Å². The Morgan fingerprint density at radius 1 is 1.28 bits per heavy atom. The number of amides is 1. The molecule has 3 aromatic heterocycles. The van der Waals surface area contributed by atoms with Gasteiger partial charge in [0.15, 0.2) is 5.65 Å². The molecule has 0 aliphatic rings. The first-order valence-electron chi connectivity index (χ1n) is 8.01. The summed E-state index contributed by atoms with van der Waals surface area (Å²) in [6.07, 6.45) is 2.33. The quantitative estimate of drug-likeness (QED) is 0.558. The van der Waals surface area contributed by atoms with Crippen LogP contribution in [0.2, 0.25) is 0 Å². The van der Waals surface area contributed by atoms with Crippen molar-refractivity contribution in [1.82, 2.24) is 28.8 Å². The minimum atomic E-state index is -0.149. The molecule has 0 atom stereocenters. The third-order valence-corrected chi connectivity index (χ3v) is 4.58. The molecule has 4 aromatic rings. The van der Waals surface area contributed by atoms with Crippen LogP contribution in [0.5, 0.6) is 0 Å². The van der Waals surface area contributed by atoms with E-state index in [9.17, 15) is 4.79 Å². The molecule has 1 amide bonds. The summed E-state index contributed by atoms with van der Waals surface area (Å²) >= 11 is 1.09. The van der Waals surface area contributed by atoms with Crippen LogP contribution in [0.25, 0.3) is 22.1 Å². The Morgan fingerprint density at radius 3 is 3.08 bits per heavy atom. The van der Waals surface area contributed by atoms with Crippen LogP contribution in [-0.4, -0.2) is 36.0 Å². The number of hydrogen-bond acceptors (Lipinski definition) is 6. The van der Waals surface area contributed by atoms with Gasteiger partial charge in [-0.25, -0.2) is 4.98 Å². The Bertz CT molecular complexity index is 1050. The van der Waals surface area contributed by atoms with Gasteiger partial charge in [-0.15, -0.1) is 0 Å². The van der Waals surface area contributed by atoms with Crippen LogP contribution in [0.15, 0.2) is 36.5 Å². The zero-order valence-electron chi connectivity index (χ0n) is 13.6. The topological polar surface area (TPSA) is 85.6 Å². The fraction of sp³-hybridized carbons (Fsp3) is 0.235. The van der Waals surface area contributed by atoms with E-state index < -0.39 is 0 Å². The zero-order chi connectivity index (χ0) is 17.2. The summed E-state index contributed by atoms with van der Waals surface area (Å²) in [6.45, 7) is 3.33. The maximum Gasteiger partial charge on any atom is 0.252 e. The van der Waals surface area contributed by atoms with Crippen molar-refractivity contribution in [1.29, 1.82) is 0 Å². The summed E-state index contributed by atoms with van der Waals surface area (Å²) in [5.74, 6) is -0.149. The summed E-state index contributed by atoms with van der Waals surface area (Å²) in [5.41, 5.74) is 3.87. The highest BCUT2D eigenvalue weighted by molar-refractivity contribution is 7.00. The SMILES string of the molecule is Cc1nn(CCCNC(=O)c2cnc3nsnc3c2)c2ccccc12. The standard InChI is InChI=1S/C17H16N6OS/c1-11-13-5-2-3-6-15(13)23(20-11)8-4-7-18-17(24)12-9-14-16(19-10-12)22-25-21-14/h2-3,5-6,9-10H,4,7-8H2,1H3,(H,18,24). The number of nitrogens with one attached hydrogen (secondary N) is 1. The van der Waals surface area contributed by atoms with Gasteiger partial charge < -0.3 is 5.32 Å². The highest BCUT2D eigenvalue weighted by Crippen LogP contribution is 2.17. The maximum absolute atomic E-state index is 12.2. The first-order valence-corrected chi connectivity index (χ1v) is 8.74. The van der Waals surface area contributed by atoms with Gasteiger partial charge in [0.2, 0.25) is 0 Å². The van der Waals surface area contributed by atoms with Crippen molar-refractivity contribution in [3.05, 3.63) is 47.8 Å². The van der Waals surface area contributed by atoms with E-state index >= 15 is 0 Å². The van der Waals surface area contributed by atoms with Gasteiger partial charge in [-0.05, 0) is 25.5 Å². The van der Waals surface area contributed by atoms with E-state index in [0.717, 1.165) is 35.9 Å². The molecule has 0 aliphatic carbocycles. The minimum absolute atomic E-state index is 0.149. The summed E-state index contributed by atoms with van der Waals surface area (Å²) in [4.78, 5) is 16.4. The summed E-state index contributed by atoms with van der Waals surface area (Å²) in [7, 11) is 0. The molecule has 4 rings (SSSR count). The summed E-state index contributed by atoms with van der Waals surface area (Å²) in [5, 5.41) is 8.66. The molecule has 0 spiro atoms. The molecule has 126 valence electrons. The second kappa shape index (κ2) is 6.56. The number of carbonyl (C=O) groups excluding carboxylic acids is 1. The number of fused-ring (bicyclic) bond motifs is 2. The first kappa shape index (κ1) is 15.6. The van der Waals surface area contributed by atoms with E-state index in [-0.39, 0.29) is 5.91 Å². The van der Waals surface area contributed by atoms with Crippen LogP contribution < -0.4 is 5.32 Å². The zero-order valence-corrected chi connectivity index (χ0v) is 14.5. The molecule has 0 unspecified atom stereocenters. The van der Waals surface area contributed by atoms with Gasteiger partial charge >= 0.3 is 0 Å². The normalized spacial score (nSPS) is 11.2. The van der Waals surface area contributed by atoms with Gasteiger partial charge in [0, 0.05) is 24.7 Å². The minimum Gasteiger partial charge on any atom is -0.352 e. The highest BCUT2D eigenvalue weighted by Gasteiger charge is 2.09. The fourth-order valence-corrected chi connectivity index (χ4v) is 3.29. The lowest BCUT2D eigenvalue weighted by Crippen LogP contribution is -2.25. The van der Waals surface area contributed by atoms with Crippen molar-refractivity contribution in [2.24, 2.45) is 0 Å². The maximum atomic E-state index is 12.2. The largest absolute Gasteiger partial charge is 0.352 e. The molecule has 0 saturated heterocycles. The number of hydrogen-bond donors (Lipinski definition) is 1. The van der Waals surface area contributed by atoms with Crippen molar-refractivity contribution in [3.63, 3.8) is 0 Å². The number of pyridine rings is 1. The Hall–Kier alpha value is -2.87. The molecule has 1 N–H and O–H groups in total. The monoisotopic (exact) mass is 352 g/mol. The third-order valence-electron chi connectivity index (χ3n) is 4.05. The Balaban J connectivity index is 1.36. The van der Waals surface area contributed by atoms with Crippen LogP contribution in [-0.2, 0) is 6.54 Å². The predicted octanol–water partition coefficient (Wildman–Crippen LogP) is 2.56. The number of benzene rings is 1. The second-order valence-corrected chi connectivity index (χ2v) is 6.29. The van der Waals surface area contributed by atoms with E-state index in [4.69, 9.17) is 0 Å². The first-order chi connectivity index (χ1) is 12.2. The van der Waals surface area contributed by atoms with Crippen molar-refractivity contribution in [3.8, 4) is 0 Å². The third kappa shape index (κ3) is 3.08. The predicted molar refractivity (Wildman–Crippen MR) is 96.6 cm³/mol. The molecule has 25 heavy (non-hydrogen) atoms. The Morgan fingerprint density at radius 2 is 2.16 bits per heavy atom. The van der Waals surface area contributed by atoms with Gasteiger partial charge in [0.25, 0.3) is 5.91 Å². The smallest absolute Gasteiger partial charge is 0.252 e. The van der Waals surface area contributed by atoms with E-state index in [1.54, 1.807) is 6.07 Å². The molecule has 8 heteroatoms. The average molecular weight is 352 g/mol. The molecule has 7 nitrogen and oxygen atoms in total. The van der Waals surface area contributed by atoms with Crippen molar-refractivity contribution >= 4 is 39.7 Å². The molecule has 1 aromatic carbocycles. The number of rotatable bonds is 5. The van der Waals surface area contributed by atoms with E-state index in [1.165, 1.54) is 11.6 Å². The fourth-order valence-electron chi connectivity index (χ4n) is 2.81. The highest BCUT2D eigenvalue weighted by atomic mass is 32.1. The van der Waals surface area contributed by atoms with Gasteiger partial charge in [-0.2, -0.15) is 13.8 Å². The molecule has 0 fully saturated rings. The second-order valence-electron chi connectivity index (χ2n) is 5.77. The van der Waals surface area contributed by atoms with Gasteiger partial charge in [0.05, 0.1) is 28.5 Å². The van der Waals surface area contributed by atoms with Crippen molar-refractivity contribution in [2.75, 3.05) is 6.54 Å². The van der Waals surface area contributed by atoms with Gasteiger partial charge in [0.1, 0.15) is 5.52 Å². The van der Waals surface area contributed by atoms with E-state index in [0.29, 0.717) is 23.3 Å². The van der Waals surface area contributed by atoms with E-state index in [1.807, 2.05) is 23.7 Å². The van der Waals surface area contributed by atoms with E-state index in [2.05, 4.69) is 36.3 Å². The van der Waals surface area contributed by atoms with Gasteiger partial charge in [-0.3, -0.25) is 9.48 Å². The van der Waals surface area contributed by atoms with Crippen LogP contribution in [0, 0.1) is 6.92 Å². The lowest BCUT2D eigenvalue weighted by Gasteiger charge is -2.06. The summed E-state index contributed by atoms with van der Waals surface area (Å²) < 4.78 is 10.1. The Labute approximate surface area is 148 Å². The number of nitrogens with zero attached hydrogens (tertiary/aromatic N) is 5. The molecule has 3 heterocycles. The van der Waals surface area contributed by atoms with Crippen LogP contribution in [0.3, 0.4) is 0 Å². The Kier molecular flexibility index (Phi) is 4.10. The molecule has 0 saturated carbocycles. The van der Waals surface area contributed by atoms with Crippen molar-refractivity contribution < 1.29 is 4.79 Å². The average Bonchev–Trinajstić information content (AvgIpc) is 3.23. The van der Waals surface area contributed by atoms with Crippen molar-refractivity contribution in [2.45, 2.75) is 19.9 Å².